The zero-order valence-electron chi connectivity index (χ0n) is 12.7. The third-order valence-electron chi connectivity index (χ3n) is 4.83. The van der Waals surface area contributed by atoms with Crippen molar-refractivity contribution in [1.29, 1.82) is 0 Å². The molecular formula is C16H31NO2. The molecule has 2 fully saturated rings. The highest BCUT2D eigenvalue weighted by Gasteiger charge is 2.30. The largest absolute Gasteiger partial charge is 0.350 e. The molecule has 0 aromatic carbocycles. The SMILES string of the molecule is CCCNC(CC1OCCO1)C1CCC(CC)CC1. The number of nitrogens with one attached hydrogen (secondary N) is 1. The van der Waals surface area contributed by atoms with Crippen molar-refractivity contribution >= 4 is 0 Å². The fourth-order valence-corrected chi connectivity index (χ4v) is 3.52. The van der Waals surface area contributed by atoms with Gasteiger partial charge >= 0.3 is 0 Å². The molecule has 19 heavy (non-hydrogen) atoms. The van der Waals surface area contributed by atoms with Crippen molar-refractivity contribution in [3.05, 3.63) is 0 Å². The second kappa shape index (κ2) is 8.23. The van der Waals surface area contributed by atoms with Crippen LogP contribution in [0.2, 0.25) is 0 Å². The van der Waals surface area contributed by atoms with Gasteiger partial charge in [0.25, 0.3) is 0 Å². The third-order valence-corrected chi connectivity index (χ3v) is 4.83. The van der Waals surface area contributed by atoms with Gasteiger partial charge < -0.3 is 14.8 Å². The quantitative estimate of drug-likeness (QED) is 0.769. The van der Waals surface area contributed by atoms with Crippen LogP contribution in [0.15, 0.2) is 0 Å². The van der Waals surface area contributed by atoms with Crippen LogP contribution in [0.5, 0.6) is 0 Å². The lowest BCUT2D eigenvalue weighted by Crippen LogP contribution is -2.41. The Morgan fingerprint density at radius 2 is 1.74 bits per heavy atom. The minimum atomic E-state index is 0.0401. The van der Waals surface area contributed by atoms with E-state index in [0.717, 1.165) is 38.0 Å². The molecule has 1 saturated heterocycles. The molecule has 1 heterocycles. The van der Waals surface area contributed by atoms with Crippen LogP contribution in [-0.2, 0) is 9.47 Å². The van der Waals surface area contributed by atoms with Gasteiger partial charge in [-0.05, 0) is 37.6 Å². The van der Waals surface area contributed by atoms with E-state index in [-0.39, 0.29) is 6.29 Å². The molecule has 0 spiro atoms. The Hall–Kier alpha value is -0.120. The van der Waals surface area contributed by atoms with Crippen LogP contribution in [0.1, 0.15) is 58.8 Å². The van der Waals surface area contributed by atoms with Crippen LogP contribution < -0.4 is 5.32 Å². The number of ether oxygens (including phenoxy) is 2. The molecule has 2 rings (SSSR count). The van der Waals surface area contributed by atoms with E-state index in [2.05, 4.69) is 19.2 Å². The average molecular weight is 269 g/mol. The normalized spacial score (nSPS) is 30.6. The average Bonchev–Trinajstić information content (AvgIpc) is 2.96. The molecule has 112 valence electrons. The molecular weight excluding hydrogens is 238 g/mol. The van der Waals surface area contributed by atoms with Crippen molar-refractivity contribution in [2.45, 2.75) is 71.1 Å². The molecule has 0 aromatic rings. The smallest absolute Gasteiger partial charge is 0.159 e. The van der Waals surface area contributed by atoms with Crippen molar-refractivity contribution in [2.75, 3.05) is 19.8 Å². The van der Waals surface area contributed by atoms with Gasteiger partial charge in [0.15, 0.2) is 6.29 Å². The Balaban J connectivity index is 1.81. The maximum Gasteiger partial charge on any atom is 0.159 e. The highest BCUT2D eigenvalue weighted by Crippen LogP contribution is 2.34. The van der Waals surface area contributed by atoms with Gasteiger partial charge in [-0.2, -0.15) is 0 Å². The highest BCUT2D eigenvalue weighted by atomic mass is 16.7. The predicted molar refractivity (Wildman–Crippen MR) is 78.1 cm³/mol. The Morgan fingerprint density at radius 3 is 2.32 bits per heavy atom. The van der Waals surface area contributed by atoms with Gasteiger partial charge in [-0.3, -0.25) is 0 Å². The van der Waals surface area contributed by atoms with Crippen LogP contribution in [0.3, 0.4) is 0 Å². The Labute approximate surface area is 118 Å². The van der Waals surface area contributed by atoms with E-state index in [1.807, 2.05) is 0 Å². The summed E-state index contributed by atoms with van der Waals surface area (Å²) in [4.78, 5) is 0. The molecule has 1 aliphatic heterocycles. The van der Waals surface area contributed by atoms with Crippen molar-refractivity contribution in [1.82, 2.24) is 5.32 Å². The van der Waals surface area contributed by atoms with Crippen molar-refractivity contribution < 1.29 is 9.47 Å². The highest BCUT2D eigenvalue weighted by molar-refractivity contribution is 4.83. The standard InChI is InChI=1S/C16H31NO2/c1-3-9-17-15(12-16-18-10-11-19-16)14-7-5-13(4-2)6-8-14/h13-17H,3-12H2,1-2H3. The summed E-state index contributed by atoms with van der Waals surface area (Å²) in [5.41, 5.74) is 0. The maximum atomic E-state index is 5.63. The molecule has 0 bridgehead atoms. The third kappa shape index (κ3) is 4.73. The molecule has 1 aliphatic carbocycles. The van der Waals surface area contributed by atoms with E-state index in [4.69, 9.17) is 9.47 Å². The van der Waals surface area contributed by atoms with Crippen LogP contribution >= 0.6 is 0 Å². The summed E-state index contributed by atoms with van der Waals surface area (Å²) in [5.74, 6) is 1.80. The lowest BCUT2D eigenvalue weighted by atomic mass is 9.77. The number of rotatable bonds is 7. The first-order valence-electron chi connectivity index (χ1n) is 8.30. The van der Waals surface area contributed by atoms with E-state index >= 15 is 0 Å². The molecule has 3 nitrogen and oxygen atoms in total. The summed E-state index contributed by atoms with van der Waals surface area (Å²) in [6, 6.07) is 0.584. The van der Waals surface area contributed by atoms with Crippen molar-refractivity contribution in [3.63, 3.8) is 0 Å². The molecule has 1 atom stereocenters. The minimum absolute atomic E-state index is 0.0401. The monoisotopic (exact) mass is 269 g/mol. The van der Waals surface area contributed by atoms with Gasteiger partial charge in [-0.15, -0.1) is 0 Å². The number of hydrogen-bond acceptors (Lipinski definition) is 3. The fourth-order valence-electron chi connectivity index (χ4n) is 3.52. The lowest BCUT2D eigenvalue weighted by Gasteiger charge is -2.35. The second-order valence-electron chi connectivity index (χ2n) is 6.16. The van der Waals surface area contributed by atoms with Gasteiger partial charge in [0.1, 0.15) is 0 Å². The van der Waals surface area contributed by atoms with Crippen LogP contribution in [0.25, 0.3) is 0 Å². The lowest BCUT2D eigenvalue weighted by molar-refractivity contribution is -0.0580. The van der Waals surface area contributed by atoms with E-state index in [0.29, 0.717) is 6.04 Å². The Kier molecular flexibility index (Phi) is 6.62. The molecule has 1 N–H and O–H groups in total. The topological polar surface area (TPSA) is 30.5 Å². The van der Waals surface area contributed by atoms with Crippen molar-refractivity contribution in [2.24, 2.45) is 11.8 Å². The van der Waals surface area contributed by atoms with Gasteiger partial charge in [-0.25, -0.2) is 0 Å². The summed E-state index contributed by atoms with van der Waals surface area (Å²) in [7, 11) is 0. The zero-order valence-corrected chi connectivity index (χ0v) is 12.7. The van der Waals surface area contributed by atoms with Gasteiger partial charge in [0, 0.05) is 12.5 Å². The molecule has 0 aromatic heterocycles. The second-order valence-corrected chi connectivity index (χ2v) is 6.16. The molecule has 3 heteroatoms. The van der Waals surface area contributed by atoms with E-state index in [9.17, 15) is 0 Å². The Morgan fingerprint density at radius 1 is 1.05 bits per heavy atom. The zero-order chi connectivity index (χ0) is 13.5. The minimum Gasteiger partial charge on any atom is -0.350 e. The predicted octanol–water partition coefficient (Wildman–Crippen LogP) is 3.33. The molecule has 2 aliphatic rings. The van der Waals surface area contributed by atoms with Crippen LogP contribution in [0.4, 0.5) is 0 Å². The maximum absolute atomic E-state index is 5.63. The first kappa shape index (κ1) is 15.3. The van der Waals surface area contributed by atoms with Gasteiger partial charge in [0.05, 0.1) is 13.2 Å². The molecule has 1 saturated carbocycles. The molecule has 1 unspecified atom stereocenters. The van der Waals surface area contributed by atoms with E-state index in [1.165, 1.54) is 38.5 Å². The number of hydrogen-bond donors (Lipinski definition) is 1. The van der Waals surface area contributed by atoms with Gasteiger partial charge in [0.2, 0.25) is 0 Å². The van der Waals surface area contributed by atoms with Gasteiger partial charge in [-0.1, -0.05) is 33.1 Å². The summed E-state index contributed by atoms with van der Waals surface area (Å²) < 4.78 is 11.3. The summed E-state index contributed by atoms with van der Waals surface area (Å²) in [6.45, 7) is 7.23. The van der Waals surface area contributed by atoms with Crippen molar-refractivity contribution in [3.8, 4) is 0 Å². The van der Waals surface area contributed by atoms with E-state index < -0.39 is 0 Å². The summed E-state index contributed by atoms with van der Waals surface area (Å²) >= 11 is 0. The first-order valence-corrected chi connectivity index (χ1v) is 8.30. The fraction of sp³-hybridized carbons (Fsp3) is 1.00. The summed E-state index contributed by atoms with van der Waals surface area (Å²) in [6.07, 6.45) is 9.22. The molecule has 0 radical (unpaired) electrons. The molecule has 0 amide bonds. The Bertz CT molecular complexity index is 233. The first-order chi connectivity index (χ1) is 9.33. The van der Waals surface area contributed by atoms with Crippen LogP contribution in [0, 0.1) is 11.8 Å². The van der Waals surface area contributed by atoms with E-state index in [1.54, 1.807) is 0 Å². The van der Waals surface area contributed by atoms with Crippen LogP contribution in [-0.4, -0.2) is 32.1 Å². The summed E-state index contributed by atoms with van der Waals surface area (Å²) in [5, 5.41) is 3.74.